The number of carbonyl (C=O) groups is 4. The minimum absolute atomic E-state index is 0.444. The minimum Gasteiger partial charge on any atom is -0.394 e. The van der Waals surface area contributed by atoms with Crippen LogP contribution in [-0.2, 0) is 19.2 Å². The number of likely N-dealkylation sites (tertiary alicyclic amines) is 2. The van der Waals surface area contributed by atoms with Crippen molar-refractivity contribution in [1.29, 1.82) is 0 Å². The number of azo groups is 1. The predicted octanol–water partition coefficient (Wildman–Crippen LogP) is -4.87. The summed E-state index contributed by atoms with van der Waals surface area (Å²) < 4.78 is 0. The molecule has 30 heavy (non-hydrogen) atoms. The van der Waals surface area contributed by atoms with E-state index in [1.807, 2.05) is 0 Å². The van der Waals surface area contributed by atoms with Crippen molar-refractivity contribution in [3.63, 3.8) is 0 Å². The maximum Gasteiger partial charge on any atom is 0.269 e. The van der Waals surface area contributed by atoms with Crippen LogP contribution in [0.2, 0.25) is 0 Å². The topological polar surface area (TPSA) is 221 Å². The van der Waals surface area contributed by atoms with E-state index < -0.39 is 85.4 Å². The van der Waals surface area contributed by atoms with Crippen molar-refractivity contribution in [3.8, 4) is 0 Å². The summed E-state index contributed by atoms with van der Waals surface area (Å²) in [6.07, 6.45) is 0. The van der Waals surface area contributed by atoms with Gasteiger partial charge in [0.2, 0.25) is 11.1 Å². The van der Waals surface area contributed by atoms with Gasteiger partial charge in [0.1, 0.15) is 11.1 Å². The highest BCUT2D eigenvalue weighted by Crippen LogP contribution is 2.39. The molecule has 14 nitrogen and oxygen atoms in total. The Bertz CT molecular complexity index is 676. The molecule has 0 bridgehead atoms. The van der Waals surface area contributed by atoms with Crippen molar-refractivity contribution in [3.05, 3.63) is 0 Å². The van der Waals surface area contributed by atoms with Crippen molar-refractivity contribution >= 4 is 23.6 Å². The molecule has 2 fully saturated rings. The fourth-order valence-corrected chi connectivity index (χ4v) is 3.09. The van der Waals surface area contributed by atoms with Gasteiger partial charge < -0.3 is 30.6 Å². The Hall–Kier alpha value is -2.36. The van der Waals surface area contributed by atoms with Crippen LogP contribution in [-0.4, -0.2) is 126 Å². The van der Waals surface area contributed by atoms with Gasteiger partial charge in [-0.3, -0.25) is 29.0 Å². The van der Waals surface area contributed by atoms with E-state index in [-0.39, 0.29) is 0 Å². The molecule has 0 radical (unpaired) electrons. The Morgan fingerprint density at radius 3 is 0.967 bits per heavy atom. The van der Waals surface area contributed by atoms with Gasteiger partial charge in [-0.15, -0.1) is 0 Å². The van der Waals surface area contributed by atoms with Crippen molar-refractivity contribution in [1.82, 2.24) is 9.80 Å². The molecule has 0 spiro atoms. The summed E-state index contributed by atoms with van der Waals surface area (Å²) in [4.78, 5) is 50.9. The Balaban J connectivity index is 2.28. The predicted molar refractivity (Wildman–Crippen MR) is 93.3 cm³/mol. The van der Waals surface area contributed by atoms with E-state index in [2.05, 4.69) is 10.2 Å². The molecule has 0 unspecified atom stereocenters. The van der Waals surface area contributed by atoms with Gasteiger partial charge in [0.05, 0.1) is 39.6 Å². The first-order valence-electron chi connectivity index (χ1n) is 8.82. The van der Waals surface area contributed by atoms with Crippen LogP contribution < -0.4 is 0 Å². The summed E-state index contributed by atoms with van der Waals surface area (Å²) in [6, 6.07) is 0. The monoisotopic (exact) mass is 432 g/mol. The van der Waals surface area contributed by atoms with E-state index in [0.29, 0.717) is 9.80 Å². The molecule has 14 heteroatoms. The maximum absolute atomic E-state index is 12.5. The van der Waals surface area contributed by atoms with Crippen LogP contribution in [0.3, 0.4) is 0 Å². The molecule has 0 saturated carbocycles. The number of aliphatic hydroxyl groups is 6. The molecule has 168 valence electrons. The van der Waals surface area contributed by atoms with E-state index in [1.54, 1.807) is 0 Å². The first kappa shape index (κ1) is 23.9. The molecule has 2 saturated heterocycles. The van der Waals surface area contributed by atoms with Crippen LogP contribution in [0.5, 0.6) is 0 Å². The highest BCUT2D eigenvalue weighted by Gasteiger charge is 2.68. The average Bonchev–Trinajstić information content (AvgIpc) is 2.78. The largest absolute Gasteiger partial charge is 0.394 e. The van der Waals surface area contributed by atoms with Crippen LogP contribution in [0.1, 0.15) is 13.8 Å². The Morgan fingerprint density at radius 2 is 0.800 bits per heavy atom. The number of imide groups is 2. The average molecular weight is 432 g/mol. The fourth-order valence-electron chi connectivity index (χ4n) is 3.09. The summed E-state index contributed by atoms with van der Waals surface area (Å²) in [6.45, 7) is -3.41. The zero-order valence-electron chi connectivity index (χ0n) is 16.3. The molecule has 4 amide bonds. The Morgan fingerprint density at radius 1 is 0.600 bits per heavy atom. The third-order valence-corrected chi connectivity index (χ3v) is 5.64. The quantitative estimate of drug-likeness (QED) is 0.110. The normalized spacial score (nSPS) is 21.3. The molecule has 2 rings (SSSR count). The molecular weight excluding hydrogens is 408 g/mol. The summed E-state index contributed by atoms with van der Waals surface area (Å²) in [5.41, 5.74) is -8.21. The van der Waals surface area contributed by atoms with Gasteiger partial charge in [0.15, 0.2) is 0 Å². The van der Waals surface area contributed by atoms with Gasteiger partial charge in [-0.1, -0.05) is 0 Å². The zero-order valence-corrected chi connectivity index (χ0v) is 16.3. The number of nitrogens with zero attached hydrogens (tertiary/aromatic N) is 4. The molecule has 0 aromatic rings. The summed E-state index contributed by atoms with van der Waals surface area (Å²) in [5.74, 6) is -4.10. The maximum atomic E-state index is 12.5. The smallest absolute Gasteiger partial charge is 0.269 e. The lowest BCUT2D eigenvalue weighted by atomic mass is 9.82. The highest BCUT2D eigenvalue weighted by molar-refractivity contribution is 6.27. The number of hydrogen-bond donors (Lipinski definition) is 6. The number of β-lactam (4-membered cyclic amide) rings is 4. The molecule has 0 atom stereocenters. The summed E-state index contributed by atoms with van der Waals surface area (Å²) >= 11 is 0. The van der Waals surface area contributed by atoms with Crippen LogP contribution in [0.25, 0.3) is 0 Å². The van der Waals surface area contributed by atoms with Crippen molar-refractivity contribution in [2.75, 3.05) is 39.6 Å². The number of aliphatic hydroxyl groups excluding tert-OH is 6. The van der Waals surface area contributed by atoms with E-state index >= 15 is 0 Å². The Kier molecular flexibility index (Phi) is 6.15. The van der Waals surface area contributed by atoms with Gasteiger partial charge in [-0.05, 0) is 13.8 Å². The molecule has 6 N–H and O–H groups in total. The molecule has 0 aliphatic carbocycles. The lowest BCUT2D eigenvalue weighted by Gasteiger charge is -2.51. The molecular formula is C16H24N4O10. The number of amides is 4. The second-order valence-electron chi connectivity index (χ2n) is 7.63. The standard InChI is InChI=1S/C16H24N4O10/c1-13(9(27)19(10(13)28)15(3-21,4-22)5-23)17-18-14(2)11(29)20(12(14)30)16(6-24,7-25)8-26/h21-26H,3-8H2,1-2H3. The van der Waals surface area contributed by atoms with Gasteiger partial charge in [0.25, 0.3) is 23.6 Å². The lowest BCUT2D eigenvalue weighted by molar-refractivity contribution is -0.187. The van der Waals surface area contributed by atoms with Crippen LogP contribution in [0, 0.1) is 0 Å². The highest BCUT2D eigenvalue weighted by atomic mass is 16.3. The van der Waals surface area contributed by atoms with Gasteiger partial charge in [0, 0.05) is 0 Å². The van der Waals surface area contributed by atoms with Crippen molar-refractivity contribution in [2.45, 2.75) is 36.0 Å². The molecule has 0 aromatic heterocycles. The van der Waals surface area contributed by atoms with Gasteiger partial charge in [-0.25, -0.2) is 0 Å². The van der Waals surface area contributed by atoms with Crippen LogP contribution in [0.4, 0.5) is 0 Å². The van der Waals surface area contributed by atoms with Crippen molar-refractivity contribution < 1.29 is 49.8 Å². The third-order valence-electron chi connectivity index (χ3n) is 5.64. The van der Waals surface area contributed by atoms with Crippen LogP contribution >= 0.6 is 0 Å². The first-order chi connectivity index (χ1) is 13.9. The second-order valence-corrected chi connectivity index (χ2v) is 7.63. The van der Waals surface area contributed by atoms with E-state index in [9.17, 15) is 49.8 Å². The summed E-state index contributed by atoms with van der Waals surface area (Å²) in [5, 5.41) is 63.5. The summed E-state index contributed by atoms with van der Waals surface area (Å²) in [7, 11) is 0. The van der Waals surface area contributed by atoms with E-state index in [0.717, 1.165) is 13.8 Å². The van der Waals surface area contributed by atoms with Gasteiger partial charge in [-0.2, -0.15) is 10.2 Å². The third kappa shape index (κ3) is 2.79. The zero-order chi connectivity index (χ0) is 23.1. The van der Waals surface area contributed by atoms with E-state index in [4.69, 9.17) is 0 Å². The van der Waals surface area contributed by atoms with E-state index in [1.165, 1.54) is 0 Å². The first-order valence-corrected chi connectivity index (χ1v) is 8.82. The molecule has 2 aliphatic rings. The number of hydrogen-bond acceptors (Lipinski definition) is 12. The molecule has 2 aliphatic heterocycles. The molecule has 2 heterocycles. The molecule has 0 aromatic carbocycles. The minimum atomic E-state index is -2.16. The van der Waals surface area contributed by atoms with Crippen molar-refractivity contribution in [2.24, 2.45) is 10.2 Å². The lowest BCUT2D eigenvalue weighted by Crippen LogP contribution is -2.79. The number of carbonyl (C=O) groups excluding carboxylic acids is 4. The SMILES string of the molecule is CC1(N=NC2(C)C(=O)N(C(CO)(CO)CO)C2=O)C(=O)N(C(CO)(CO)CO)C1=O. The Labute approximate surface area is 170 Å². The number of rotatable bonds is 10. The second kappa shape index (κ2) is 7.72. The fraction of sp³-hybridized carbons (Fsp3) is 0.750. The van der Waals surface area contributed by atoms with Crippen LogP contribution in [0.15, 0.2) is 10.2 Å². The van der Waals surface area contributed by atoms with Gasteiger partial charge >= 0.3 is 0 Å².